The fraction of sp³-hybridized carbons (Fsp3) is 0.333. The number of benzene rings is 1. The van der Waals surface area contributed by atoms with Crippen molar-refractivity contribution >= 4 is 17.0 Å². The van der Waals surface area contributed by atoms with Crippen molar-refractivity contribution < 1.29 is 9.90 Å². The van der Waals surface area contributed by atoms with Gasteiger partial charge in [0.1, 0.15) is 0 Å². The van der Waals surface area contributed by atoms with Gasteiger partial charge in [-0.05, 0) is 17.7 Å². The van der Waals surface area contributed by atoms with Gasteiger partial charge in [0.15, 0.2) is 0 Å². The van der Waals surface area contributed by atoms with E-state index in [0.29, 0.717) is 13.1 Å². The molecule has 0 unspecified atom stereocenters. The number of carbonyl (C=O) groups is 1. The summed E-state index contributed by atoms with van der Waals surface area (Å²) in [5, 5.41) is 10.1. The van der Waals surface area contributed by atoms with Crippen LogP contribution in [0.2, 0.25) is 0 Å². The van der Waals surface area contributed by atoms with Crippen molar-refractivity contribution in [1.29, 1.82) is 0 Å². The minimum atomic E-state index is -0.822. The van der Waals surface area contributed by atoms with Gasteiger partial charge in [-0.2, -0.15) is 0 Å². The van der Waals surface area contributed by atoms with Crippen molar-refractivity contribution in [3.05, 3.63) is 42.1 Å². The van der Waals surface area contributed by atoms with Crippen LogP contribution in [0.15, 0.2) is 36.5 Å². The highest BCUT2D eigenvalue weighted by atomic mass is 16.4. The van der Waals surface area contributed by atoms with Gasteiger partial charge in [-0.15, -0.1) is 0 Å². The van der Waals surface area contributed by atoms with Gasteiger partial charge in [-0.25, -0.2) is 4.79 Å². The Hall–Kier alpha value is -2.14. The Labute approximate surface area is 117 Å². The quantitative estimate of drug-likeness (QED) is 0.908. The maximum atomic E-state index is 10.9. The molecule has 0 radical (unpaired) electrons. The van der Waals surface area contributed by atoms with Crippen LogP contribution in [0.4, 0.5) is 4.79 Å². The number of nitrogens with zero attached hydrogens (tertiary/aromatic N) is 3. The lowest BCUT2D eigenvalue weighted by atomic mass is 10.1. The number of carboxylic acid groups (broad SMARTS) is 1. The fourth-order valence-electron chi connectivity index (χ4n) is 2.56. The molecular weight excluding hydrogens is 254 g/mol. The van der Waals surface area contributed by atoms with Gasteiger partial charge in [-0.1, -0.05) is 18.2 Å². The van der Waals surface area contributed by atoms with E-state index in [4.69, 9.17) is 5.11 Å². The number of aromatic nitrogens is 1. The molecule has 3 rings (SSSR count). The topological polar surface area (TPSA) is 56.7 Å². The molecule has 1 aromatic heterocycles. The van der Waals surface area contributed by atoms with E-state index in [1.165, 1.54) is 10.5 Å². The summed E-state index contributed by atoms with van der Waals surface area (Å²) < 4.78 is 0. The van der Waals surface area contributed by atoms with Crippen molar-refractivity contribution in [3.63, 3.8) is 0 Å². The summed E-state index contributed by atoms with van der Waals surface area (Å²) in [5.74, 6) is 0. The van der Waals surface area contributed by atoms with Crippen molar-refractivity contribution in [2.75, 3.05) is 26.2 Å². The molecule has 0 bridgehead atoms. The zero-order chi connectivity index (χ0) is 13.9. The summed E-state index contributed by atoms with van der Waals surface area (Å²) in [4.78, 5) is 19.1. The highest BCUT2D eigenvalue weighted by Crippen LogP contribution is 2.15. The standard InChI is InChI=1S/C15H17N3O2/c19-15(20)18-7-5-17(6-8-18)11-12-9-13-3-1-2-4-14(13)16-10-12/h1-4,9-10H,5-8,11H2,(H,19,20). The number of hydrogen-bond acceptors (Lipinski definition) is 3. The zero-order valence-electron chi connectivity index (χ0n) is 11.2. The molecule has 104 valence electrons. The van der Waals surface area contributed by atoms with Crippen molar-refractivity contribution in [1.82, 2.24) is 14.8 Å². The molecule has 20 heavy (non-hydrogen) atoms. The average Bonchev–Trinajstić information content (AvgIpc) is 2.48. The number of para-hydroxylation sites is 1. The Morgan fingerprint density at radius 2 is 1.95 bits per heavy atom. The predicted octanol–water partition coefficient (Wildman–Crippen LogP) is 2.03. The minimum absolute atomic E-state index is 0.580. The van der Waals surface area contributed by atoms with Gasteiger partial charge in [0, 0.05) is 44.3 Å². The van der Waals surface area contributed by atoms with Gasteiger partial charge in [-0.3, -0.25) is 9.88 Å². The molecule has 1 N–H and O–H groups in total. The Morgan fingerprint density at radius 3 is 2.70 bits per heavy atom. The van der Waals surface area contributed by atoms with E-state index in [1.807, 2.05) is 24.4 Å². The number of piperazine rings is 1. The number of fused-ring (bicyclic) bond motifs is 1. The summed E-state index contributed by atoms with van der Waals surface area (Å²) in [5.41, 5.74) is 2.18. The minimum Gasteiger partial charge on any atom is -0.465 e. The van der Waals surface area contributed by atoms with Crippen LogP contribution in [0.5, 0.6) is 0 Å². The first-order chi connectivity index (χ1) is 9.72. The summed E-state index contributed by atoms with van der Waals surface area (Å²) >= 11 is 0. The maximum absolute atomic E-state index is 10.9. The molecule has 2 heterocycles. The molecule has 1 aromatic carbocycles. The Balaban J connectivity index is 1.66. The molecule has 5 heteroatoms. The largest absolute Gasteiger partial charge is 0.465 e. The lowest BCUT2D eigenvalue weighted by Gasteiger charge is -2.33. The van der Waals surface area contributed by atoms with Crippen molar-refractivity contribution in [2.24, 2.45) is 0 Å². The van der Waals surface area contributed by atoms with E-state index in [0.717, 1.165) is 30.5 Å². The molecule has 0 saturated carbocycles. The van der Waals surface area contributed by atoms with Crippen molar-refractivity contribution in [2.45, 2.75) is 6.54 Å². The molecule has 1 fully saturated rings. The Kier molecular flexibility index (Phi) is 3.52. The van der Waals surface area contributed by atoms with Crippen LogP contribution in [0.25, 0.3) is 10.9 Å². The molecular formula is C15H17N3O2. The second-order valence-corrected chi connectivity index (χ2v) is 5.08. The smallest absolute Gasteiger partial charge is 0.407 e. The Morgan fingerprint density at radius 1 is 1.20 bits per heavy atom. The molecule has 5 nitrogen and oxygen atoms in total. The van der Waals surface area contributed by atoms with Crippen LogP contribution in [0.1, 0.15) is 5.56 Å². The van der Waals surface area contributed by atoms with Gasteiger partial charge >= 0.3 is 6.09 Å². The van der Waals surface area contributed by atoms with Crippen LogP contribution in [0, 0.1) is 0 Å². The third-order valence-electron chi connectivity index (χ3n) is 3.70. The highest BCUT2D eigenvalue weighted by Gasteiger charge is 2.20. The maximum Gasteiger partial charge on any atom is 0.407 e. The first kappa shape index (κ1) is 12.9. The van der Waals surface area contributed by atoms with Gasteiger partial charge in [0.2, 0.25) is 0 Å². The van der Waals surface area contributed by atoms with E-state index in [-0.39, 0.29) is 0 Å². The highest BCUT2D eigenvalue weighted by molar-refractivity contribution is 5.78. The van der Waals surface area contributed by atoms with Gasteiger partial charge < -0.3 is 10.0 Å². The Bertz CT molecular complexity index is 621. The molecule has 2 aromatic rings. The zero-order valence-corrected chi connectivity index (χ0v) is 11.2. The third kappa shape index (κ3) is 2.72. The first-order valence-corrected chi connectivity index (χ1v) is 6.76. The summed E-state index contributed by atoms with van der Waals surface area (Å²) in [6.07, 6.45) is 1.09. The van der Waals surface area contributed by atoms with Crippen LogP contribution in [0.3, 0.4) is 0 Å². The van der Waals surface area contributed by atoms with E-state index in [2.05, 4.69) is 22.0 Å². The van der Waals surface area contributed by atoms with Crippen LogP contribution in [-0.2, 0) is 6.54 Å². The second-order valence-electron chi connectivity index (χ2n) is 5.08. The van der Waals surface area contributed by atoms with E-state index in [1.54, 1.807) is 0 Å². The molecule has 1 aliphatic heterocycles. The molecule has 1 amide bonds. The second kappa shape index (κ2) is 5.46. The molecule has 0 spiro atoms. The fourth-order valence-corrected chi connectivity index (χ4v) is 2.56. The number of pyridine rings is 1. The van der Waals surface area contributed by atoms with Gasteiger partial charge in [0.25, 0.3) is 0 Å². The average molecular weight is 271 g/mol. The SMILES string of the molecule is O=C(O)N1CCN(Cc2cnc3ccccc3c2)CC1. The van der Waals surface area contributed by atoms with E-state index < -0.39 is 6.09 Å². The lowest BCUT2D eigenvalue weighted by molar-refractivity contribution is 0.103. The normalized spacial score (nSPS) is 16.5. The van der Waals surface area contributed by atoms with E-state index in [9.17, 15) is 4.79 Å². The lowest BCUT2D eigenvalue weighted by Crippen LogP contribution is -2.47. The third-order valence-corrected chi connectivity index (χ3v) is 3.70. The molecule has 1 aliphatic rings. The predicted molar refractivity (Wildman–Crippen MR) is 76.6 cm³/mol. The van der Waals surface area contributed by atoms with Crippen LogP contribution < -0.4 is 0 Å². The molecule has 0 atom stereocenters. The summed E-state index contributed by atoms with van der Waals surface area (Å²) in [6, 6.07) is 10.2. The number of amides is 1. The molecule has 1 saturated heterocycles. The van der Waals surface area contributed by atoms with E-state index >= 15 is 0 Å². The van der Waals surface area contributed by atoms with Crippen molar-refractivity contribution in [3.8, 4) is 0 Å². The van der Waals surface area contributed by atoms with Gasteiger partial charge in [0.05, 0.1) is 5.52 Å². The monoisotopic (exact) mass is 271 g/mol. The summed E-state index contributed by atoms with van der Waals surface area (Å²) in [7, 11) is 0. The number of hydrogen-bond donors (Lipinski definition) is 1. The molecule has 0 aliphatic carbocycles. The van der Waals surface area contributed by atoms with Crippen LogP contribution in [-0.4, -0.2) is 52.2 Å². The first-order valence-electron chi connectivity index (χ1n) is 6.76. The van der Waals surface area contributed by atoms with Crippen LogP contribution >= 0.6 is 0 Å². The summed E-state index contributed by atoms with van der Waals surface area (Å²) in [6.45, 7) is 3.54. The number of rotatable bonds is 2.